The van der Waals surface area contributed by atoms with E-state index in [2.05, 4.69) is 48.5 Å². The summed E-state index contributed by atoms with van der Waals surface area (Å²) < 4.78 is 68.6. The Morgan fingerprint density at radius 3 is 0.792 bits per heavy atom. The van der Waals surface area contributed by atoms with E-state index in [0.717, 1.165) is 108 Å². The minimum absolute atomic E-state index is 0.107. The zero-order valence-corrected chi connectivity index (χ0v) is 64.6. The largest absolute Gasteiger partial charge is 0.472 e. The molecule has 0 amide bonds. The zero-order chi connectivity index (χ0) is 70.9. The van der Waals surface area contributed by atoms with Gasteiger partial charge in [-0.3, -0.25) is 37.3 Å². The van der Waals surface area contributed by atoms with Gasteiger partial charge >= 0.3 is 39.5 Å². The number of phosphoric ester groups is 2. The first kappa shape index (κ1) is 94.1. The lowest BCUT2D eigenvalue weighted by molar-refractivity contribution is -0.161. The summed E-state index contributed by atoms with van der Waals surface area (Å²) in [6.07, 6.45) is 53.9. The quantitative estimate of drug-likeness (QED) is 0.0222. The monoisotopic (exact) mass is 1410 g/mol. The Hall–Kier alpha value is -1.94. The lowest BCUT2D eigenvalue weighted by Gasteiger charge is -2.21. The number of rotatable bonds is 75. The van der Waals surface area contributed by atoms with E-state index in [4.69, 9.17) is 37.0 Å². The van der Waals surface area contributed by atoms with E-state index in [-0.39, 0.29) is 25.7 Å². The lowest BCUT2D eigenvalue weighted by atomic mass is 9.99. The van der Waals surface area contributed by atoms with Crippen molar-refractivity contribution in [1.82, 2.24) is 0 Å². The van der Waals surface area contributed by atoms with Crippen LogP contribution in [0.15, 0.2) is 0 Å². The summed E-state index contributed by atoms with van der Waals surface area (Å²) in [5.74, 6) is 0.226. The molecule has 570 valence electrons. The number of hydrogen-bond donors (Lipinski definition) is 3. The van der Waals surface area contributed by atoms with Crippen LogP contribution in [0.2, 0.25) is 0 Å². The van der Waals surface area contributed by atoms with Crippen molar-refractivity contribution in [3.8, 4) is 0 Å². The Kier molecular flexibility index (Phi) is 66.2. The van der Waals surface area contributed by atoms with Crippen molar-refractivity contribution in [2.75, 3.05) is 39.6 Å². The van der Waals surface area contributed by atoms with Crippen LogP contribution < -0.4 is 0 Å². The van der Waals surface area contributed by atoms with E-state index in [1.165, 1.54) is 205 Å². The maximum Gasteiger partial charge on any atom is 0.472 e. The van der Waals surface area contributed by atoms with Gasteiger partial charge in [0, 0.05) is 25.7 Å². The van der Waals surface area contributed by atoms with E-state index in [1.54, 1.807) is 0 Å². The summed E-state index contributed by atoms with van der Waals surface area (Å²) in [5, 5.41) is 10.6. The minimum Gasteiger partial charge on any atom is -0.462 e. The molecular formula is C77H150O17P2. The van der Waals surface area contributed by atoms with Gasteiger partial charge in [0.1, 0.15) is 19.3 Å². The van der Waals surface area contributed by atoms with Crippen molar-refractivity contribution in [2.45, 2.75) is 414 Å². The topological polar surface area (TPSA) is 237 Å². The zero-order valence-electron chi connectivity index (χ0n) is 62.8. The van der Waals surface area contributed by atoms with Crippen LogP contribution in [0, 0.1) is 17.8 Å². The predicted molar refractivity (Wildman–Crippen MR) is 391 cm³/mol. The van der Waals surface area contributed by atoms with Gasteiger partial charge in [0.15, 0.2) is 12.2 Å². The van der Waals surface area contributed by atoms with Gasteiger partial charge in [-0.25, -0.2) is 9.13 Å². The number of hydrogen-bond acceptors (Lipinski definition) is 15. The van der Waals surface area contributed by atoms with Crippen LogP contribution in [0.3, 0.4) is 0 Å². The second-order valence-electron chi connectivity index (χ2n) is 28.9. The summed E-state index contributed by atoms with van der Waals surface area (Å²) in [7, 11) is -9.92. The van der Waals surface area contributed by atoms with Crippen LogP contribution in [0.5, 0.6) is 0 Å². The summed E-state index contributed by atoms with van der Waals surface area (Å²) in [6, 6.07) is 0. The van der Waals surface area contributed by atoms with Crippen molar-refractivity contribution < 1.29 is 80.2 Å². The van der Waals surface area contributed by atoms with Gasteiger partial charge in [0.05, 0.1) is 26.4 Å². The fraction of sp³-hybridized carbons (Fsp3) is 0.948. The number of aliphatic hydroxyl groups is 1. The van der Waals surface area contributed by atoms with E-state index in [9.17, 15) is 43.2 Å². The van der Waals surface area contributed by atoms with Gasteiger partial charge in [0.2, 0.25) is 0 Å². The molecule has 0 aliphatic heterocycles. The number of carbonyl (C=O) groups is 4. The van der Waals surface area contributed by atoms with Crippen LogP contribution in [-0.4, -0.2) is 96.7 Å². The lowest BCUT2D eigenvalue weighted by Crippen LogP contribution is -2.30. The predicted octanol–water partition coefficient (Wildman–Crippen LogP) is 22.6. The van der Waals surface area contributed by atoms with E-state index >= 15 is 0 Å². The summed E-state index contributed by atoms with van der Waals surface area (Å²) in [4.78, 5) is 72.9. The number of aliphatic hydroxyl groups excluding tert-OH is 1. The summed E-state index contributed by atoms with van der Waals surface area (Å²) >= 11 is 0. The fourth-order valence-electron chi connectivity index (χ4n) is 11.7. The maximum atomic E-state index is 13.1. The maximum absolute atomic E-state index is 13.1. The Morgan fingerprint density at radius 1 is 0.302 bits per heavy atom. The highest BCUT2D eigenvalue weighted by molar-refractivity contribution is 7.47. The van der Waals surface area contributed by atoms with Crippen molar-refractivity contribution in [1.29, 1.82) is 0 Å². The van der Waals surface area contributed by atoms with Crippen molar-refractivity contribution >= 4 is 39.5 Å². The molecule has 96 heavy (non-hydrogen) atoms. The molecule has 6 atom stereocenters. The molecule has 0 bridgehead atoms. The highest BCUT2D eigenvalue weighted by Crippen LogP contribution is 2.45. The Bertz CT molecular complexity index is 1870. The van der Waals surface area contributed by atoms with Gasteiger partial charge < -0.3 is 33.8 Å². The van der Waals surface area contributed by atoms with Gasteiger partial charge in [-0.05, 0) is 43.4 Å². The highest BCUT2D eigenvalue weighted by Gasteiger charge is 2.30. The van der Waals surface area contributed by atoms with Gasteiger partial charge in [-0.15, -0.1) is 0 Å². The molecule has 0 saturated carbocycles. The average Bonchev–Trinajstić information content (AvgIpc) is 1.20. The summed E-state index contributed by atoms with van der Waals surface area (Å²) in [6.45, 7) is 11.9. The molecule has 0 aromatic rings. The van der Waals surface area contributed by atoms with Crippen LogP contribution in [0.25, 0.3) is 0 Å². The van der Waals surface area contributed by atoms with Gasteiger partial charge in [-0.1, -0.05) is 344 Å². The molecule has 0 heterocycles. The molecule has 0 aromatic heterocycles. The smallest absolute Gasteiger partial charge is 0.462 e. The number of ether oxygens (including phenoxy) is 4. The molecule has 17 nitrogen and oxygen atoms in total. The first-order valence-corrected chi connectivity index (χ1v) is 42.9. The first-order valence-electron chi connectivity index (χ1n) is 39.9. The number of phosphoric acid groups is 2. The molecule has 0 aromatic carbocycles. The van der Waals surface area contributed by atoms with Crippen LogP contribution in [0.1, 0.15) is 395 Å². The number of esters is 4. The second-order valence-corrected chi connectivity index (χ2v) is 31.8. The second kappa shape index (κ2) is 67.5. The molecule has 3 N–H and O–H groups in total. The van der Waals surface area contributed by atoms with Gasteiger partial charge in [-0.2, -0.15) is 0 Å². The normalized spacial score (nSPS) is 14.3. The standard InChI is InChI=1S/C77H150O17P2/c1-8-10-11-12-13-14-15-16-19-22-31-39-46-53-60-76(81)94-73(65-88-75(80)59-52-45-38-33-26-28-35-42-49-56-69(5)6)67-92-96(85,86)90-63-71(78)62-89-95(83,84)91-66-72(64-87-74(79)58-51-44-37-30-25-24-29-36-43-50-57-70(7)9-2)93-77(82)61-54-47-40-32-23-20-17-18-21-27-34-41-48-55-68(3)4/h68-73,78H,8-67H2,1-7H3,(H,83,84)(H,85,86)/t70?,71-,72-,73-/m1/s1. The molecule has 0 aliphatic carbocycles. The summed E-state index contributed by atoms with van der Waals surface area (Å²) in [5.41, 5.74) is 0. The number of carbonyl (C=O) groups excluding carboxylic acids is 4. The third-order valence-corrected chi connectivity index (χ3v) is 20.1. The molecular weight excluding hydrogens is 1260 g/mol. The highest BCUT2D eigenvalue weighted by atomic mass is 31.2. The van der Waals surface area contributed by atoms with E-state index < -0.39 is 97.5 Å². The third-order valence-electron chi connectivity index (χ3n) is 18.2. The molecule has 0 fully saturated rings. The van der Waals surface area contributed by atoms with Crippen molar-refractivity contribution in [2.24, 2.45) is 17.8 Å². The number of unbranched alkanes of at least 4 members (excludes halogenated alkanes) is 42. The molecule has 0 saturated heterocycles. The van der Waals surface area contributed by atoms with Crippen LogP contribution in [-0.2, 0) is 65.4 Å². The van der Waals surface area contributed by atoms with Crippen LogP contribution in [0.4, 0.5) is 0 Å². The van der Waals surface area contributed by atoms with E-state index in [1.807, 2.05) is 0 Å². The van der Waals surface area contributed by atoms with E-state index in [0.29, 0.717) is 25.7 Å². The van der Waals surface area contributed by atoms with Crippen molar-refractivity contribution in [3.63, 3.8) is 0 Å². The Labute approximate surface area is 588 Å². The molecule has 3 unspecified atom stereocenters. The minimum atomic E-state index is -4.96. The molecule has 19 heteroatoms. The Balaban J connectivity index is 5.28. The van der Waals surface area contributed by atoms with Crippen LogP contribution >= 0.6 is 15.6 Å². The Morgan fingerprint density at radius 2 is 0.531 bits per heavy atom. The third kappa shape index (κ3) is 69.2. The SMILES string of the molecule is CCCCCCCCCCCCCCCCC(=O)O[C@H](COC(=O)CCCCCCCCCCCC(C)C)COP(=O)(O)OC[C@H](O)COP(=O)(O)OC[C@@H](COC(=O)CCCCCCCCCCCCC(C)CC)OC(=O)CCCCCCCCCCCCCCCC(C)C. The molecule has 0 rings (SSSR count). The molecule has 0 aliphatic rings. The molecule has 0 radical (unpaired) electrons. The fourth-order valence-corrected chi connectivity index (χ4v) is 13.3. The van der Waals surface area contributed by atoms with Gasteiger partial charge in [0.25, 0.3) is 0 Å². The first-order chi connectivity index (χ1) is 46.3. The van der Waals surface area contributed by atoms with Crippen molar-refractivity contribution in [3.05, 3.63) is 0 Å². The molecule has 0 spiro atoms. The average molecular weight is 1410 g/mol.